The van der Waals surface area contributed by atoms with Gasteiger partial charge in [0, 0.05) is 38.2 Å². The van der Waals surface area contributed by atoms with Crippen LogP contribution in [0.2, 0.25) is 0 Å². The Morgan fingerprint density at radius 2 is 1.55 bits per heavy atom. The largest absolute Gasteiger partial charge is 0.339 e. The summed E-state index contributed by atoms with van der Waals surface area (Å²) in [5.41, 5.74) is 0.972. The Morgan fingerprint density at radius 1 is 0.897 bits per heavy atom. The van der Waals surface area contributed by atoms with Crippen molar-refractivity contribution in [3.05, 3.63) is 64.1 Å². The molecule has 0 atom stereocenters. The van der Waals surface area contributed by atoms with Crippen molar-refractivity contribution in [2.45, 2.75) is 32.2 Å². The van der Waals surface area contributed by atoms with Gasteiger partial charge in [0.25, 0.3) is 11.5 Å². The van der Waals surface area contributed by atoms with E-state index in [-0.39, 0.29) is 29.0 Å². The molecule has 0 spiro atoms. The van der Waals surface area contributed by atoms with Gasteiger partial charge in [-0.05, 0) is 24.5 Å². The minimum absolute atomic E-state index is 0.167. The summed E-state index contributed by atoms with van der Waals surface area (Å²) < 4.78 is 1.32. The Bertz CT molecular complexity index is 927. The summed E-state index contributed by atoms with van der Waals surface area (Å²) in [7, 11) is 0. The Morgan fingerprint density at radius 3 is 2.24 bits per heavy atom. The smallest absolute Gasteiger partial charge is 0.274 e. The minimum atomic E-state index is -0.239. The highest BCUT2D eigenvalue weighted by atomic mass is 16.2. The number of piperazine rings is 1. The number of hydrogen-bond donors (Lipinski definition) is 0. The van der Waals surface area contributed by atoms with Gasteiger partial charge in [-0.25, -0.2) is 4.68 Å². The summed E-state index contributed by atoms with van der Waals surface area (Å²) in [6, 6.07) is 12.4. The number of rotatable bonds is 4. The van der Waals surface area contributed by atoms with Crippen molar-refractivity contribution < 1.29 is 9.59 Å². The summed E-state index contributed by atoms with van der Waals surface area (Å²) >= 11 is 0. The van der Waals surface area contributed by atoms with E-state index in [1.54, 1.807) is 4.90 Å². The van der Waals surface area contributed by atoms with Gasteiger partial charge in [-0.3, -0.25) is 14.4 Å². The Hall–Kier alpha value is -2.96. The fraction of sp³-hybridized carbons (Fsp3) is 0.455. The van der Waals surface area contributed by atoms with Gasteiger partial charge >= 0.3 is 0 Å². The van der Waals surface area contributed by atoms with E-state index in [1.165, 1.54) is 16.8 Å². The topological polar surface area (TPSA) is 75.5 Å². The van der Waals surface area contributed by atoms with Crippen molar-refractivity contribution in [3.8, 4) is 0 Å². The summed E-state index contributed by atoms with van der Waals surface area (Å²) in [6.07, 6.45) is 4.26. The van der Waals surface area contributed by atoms with Crippen molar-refractivity contribution in [1.82, 2.24) is 19.6 Å². The van der Waals surface area contributed by atoms with E-state index in [0.29, 0.717) is 32.7 Å². The molecular formula is C22H26N4O3. The van der Waals surface area contributed by atoms with E-state index in [0.717, 1.165) is 31.2 Å². The van der Waals surface area contributed by atoms with Crippen LogP contribution >= 0.6 is 0 Å². The molecule has 0 N–H and O–H groups in total. The van der Waals surface area contributed by atoms with Gasteiger partial charge in [-0.15, -0.1) is 0 Å². The third-order valence-corrected chi connectivity index (χ3v) is 5.84. The molecular weight excluding hydrogens is 368 g/mol. The molecule has 152 valence electrons. The van der Waals surface area contributed by atoms with Crippen molar-refractivity contribution >= 4 is 11.8 Å². The molecule has 0 unspecified atom stereocenters. The molecule has 2 amide bonds. The lowest BCUT2D eigenvalue weighted by Crippen LogP contribution is -2.52. The molecule has 2 fully saturated rings. The molecule has 1 aliphatic carbocycles. The first-order chi connectivity index (χ1) is 14.1. The fourth-order valence-corrected chi connectivity index (χ4v) is 4.16. The van der Waals surface area contributed by atoms with Crippen LogP contribution in [0.15, 0.2) is 47.3 Å². The number of nitrogens with zero attached hydrogens (tertiary/aromatic N) is 4. The van der Waals surface area contributed by atoms with E-state index in [9.17, 15) is 14.4 Å². The van der Waals surface area contributed by atoms with E-state index >= 15 is 0 Å². The SMILES string of the molecule is O=C(c1ccc(=O)n(Cc2ccccc2)n1)N1CCN(C(=O)C2CCCC2)CC1. The highest BCUT2D eigenvalue weighted by Crippen LogP contribution is 2.27. The number of carbonyl (C=O) groups excluding carboxylic acids is 2. The van der Waals surface area contributed by atoms with Crippen molar-refractivity contribution in [2.24, 2.45) is 5.92 Å². The summed E-state index contributed by atoms with van der Waals surface area (Å²) in [6.45, 7) is 2.44. The van der Waals surface area contributed by atoms with E-state index in [2.05, 4.69) is 5.10 Å². The lowest BCUT2D eigenvalue weighted by Gasteiger charge is -2.35. The number of amides is 2. The third-order valence-electron chi connectivity index (χ3n) is 5.84. The zero-order valence-corrected chi connectivity index (χ0v) is 16.5. The van der Waals surface area contributed by atoms with Gasteiger partial charge < -0.3 is 9.80 Å². The molecule has 1 aliphatic heterocycles. The minimum Gasteiger partial charge on any atom is -0.339 e. The second-order valence-electron chi connectivity index (χ2n) is 7.80. The van der Waals surface area contributed by atoms with Crippen LogP contribution in [-0.4, -0.2) is 57.6 Å². The van der Waals surface area contributed by atoms with Crippen molar-refractivity contribution in [2.75, 3.05) is 26.2 Å². The van der Waals surface area contributed by atoms with Crippen molar-refractivity contribution in [1.29, 1.82) is 0 Å². The molecule has 1 aromatic carbocycles. The summed E-state index contributed by atoms with van der Waals surface area (Å²) in [5.74, 6) is 0.212. The molecule has 7 heteroatoms. The predicted molar refractivity (Wildman–Crippen MR) is 108 cm³/mol. The van der Waals surface area contributed by atoms with Gasteiger partial charge in [0.15, 0.2) is 0 Å². The number of carbonyl (C=O) groups is 2. The average molecular weight is 394 g/mol. The molecule has 0 bridgehead atoms. The molecule has 2 aromatic rings. The van der Waals surface area contributed by atoms with Gasteiger partial charge in [-0.2, -0.15) is 5.10 Å². The fourth-order valence-electron chi connectivity index (χ4n) is 4.16. The number of benzene rings is 1. The van der Waals surface area contributed by atoms with Crippen LogP contribution in [0.5, 0.6) is 0 Å². The van der Waals surface area contributed by atoms with Crippen LogP contribution in [-0.2, 0) is 11.3 Å². The molecule has 1 aromatic heterocycles. The molecule has 2 heterocycles. The van der Waals surface area contributed by atoms with Crippen LogP contribution in [0.4, 0.5) is 0 Å². The molecule has 4 rings (SSSR count). The van der Waals surface area contributed by atoms with E-state index in [4.69, 9.17) is 0 Å². The first kappa shape index (κ1) is 19.4. The highest BCUT2D eigenvalue weighted by molar-refractivity contribution is 5.92. The first-order valence-corrected chi connectivity index (χ1v) is 10.3. The van der Waals surface area contributed by atoms with Gasteiger partial charge in [0.1, 0.15) is 5.69 Å². The maximum Gasteiger partial charge on any atom is 0.274 e. The number of aromatic nitrogens is 2. The van der Waals surface area contributed by atoms with Gasteiger partial charge in [0.2, 0.25) is 5.91 Å². The molecule has 1 saturated heterocycles. The van der Waals surface area contributed by atoms with Crippen LogP contribution in [0, 0.1) is 5.92 Å². The number of hydrogen-bond acceptors (Lipinski definition) is 4. The van der Waals surface area contributed by atoms with Crippen LogP contribution in [0.25, 0.3) is 0 Å². The van der Waals surface area contributed by atoms with Crippen LogP contribution < -0.4 is 5.56 Å². The molecule has 1 saturated carbocycles. The van der Waals surface area contributed by atoms with Gasteiger partial charge in [-0.1, -0.05) is 43.2 Å². The Balaban J connectivity index is 1.40. The van der Waals surface area contributed by atoms with E-state index in [1.807, 2.05) is 35.2 Å². The zero-order chi connectivity index (χ0) is 20.2. The maximum atomic E-state index is 12.9. The molecule has 2 aliphatic rings. The molecule has 29 heavy (non-hydrogen) atoms. The predicted octanol–water partition coefficient (Wildman–Crippen LogP) is 1.77. The lowest BCUT2D eigenvalue weighted by molar-refractivity contribution is -0.136. The second kappa shape index (κ2) is 8.59. The van der Waals surface area contributed by atoms with E-state index < -0.39 is 0 Å². The summed E-state index contributed by atoms with van der Waals surface area (Å²) in [4.78, 5) is 41.2. The lowest BCUT2D eigenvalue weighted by atomic mass is 10.1. The van der Waals surface area contributed by atoms with Crippen molar-refractivity contribution in [3.63, 3.8) is 0 Å². The molecule has 7 nitrogen and oxygen atoms in total. The Kier molecular flexibility index (Phi) is 5.74. The molecule has 0 radical (unpaired) electrons. The first-order valence-electron chi connectivity index (χ1n) is 10.3. The standard InChI is InChI=1S/C22H26N4O3/c27-20-11-10-19(23-26(20)16-17-6-2-1-3-7-17)22(29)25-14-12-24(13-15-25)21(28)18-8-4-5-9-18/h1-3,6-7,10-11,18H,4-5,8-9,12-16H2. The Labute approximate surface area is 169 Å². The monoisotopic (exact) mass is 394 g/mol. The van der Waals surface area contributed by atoms with Crippen LogP contribution in [0.1, 0.15) is 41.7 Å². The highest BCUT2D eigenvalue weighted by Gasteiger charge is 2.31. The zero-order valence-electron chi connectivity index (χ0n) is 16.5. The normalized spacial score (nSPS) is 17.5. The summed E-state index contributed by atoms with van der Waals surface area (Å²) in [5, 5.41) is 4.29. The maximum absolute atomic E-state index is 12.9. The quantitative estimate of drug-likeness (QED) is 0.792. The average Bonchev–Trinajstić information content (AvgIpc) is 3.30. The second-order valence-corrected chi connectivity index (χ2v) is 7.80. The third kappa shape index (κ3) is 4.39. The van der Waals surface area contributed by atoms with Crippen LogP contribution in [0.3, 0.4) is 0 Å². The van der Waals surface area contributed by atoms with Gasteiger partial charge in [0.05, 0.1) is 6.54 Å².